The fraction of sp³-hybridized carbons (Fsp3) is 0.130. The number of benzene rings is 2. The first-order valence-corrected chi connectivity index (χ1v) is 9.81. The summed E-state index contributed by atoms with van der Waals surface area (Å²) in [5.74, 6) is -0.306. The largest absolute Gasteiger partial charge is 0.272 e. The van der Waals surface area contributed by atoms with E-state index in [0.717, 1.165) is 33.4 Å². The molecule has 0 aliphatic carbocycles. The molecule has 0 atom stereocenters. The molecule has 6 nitrogen and oxygen atoms in total. The van der Waals surface area contributed by atoms with Gasteiger partial charge in [0.05, 0.1) is 28.7 Å². The van der Waals surface area contributed by atoms with Crippen LogP contribution in [-0.4, -0.2) is 26.9 Å². The SMILES string of the molecule is Cc1nn(C)c(C)c1/C=N/NC(=O)c1cc(-c2ccc(Cl)cc2)nc2ccccc12. The minimum atomic E-state index is -0.306. The van der Waals surface area contributed by atoms with Crippen molar-refractivity contribution in [1.82, 2.24) is 20.2 Å². The second kappa shape index (κ2) is 8.08. The minimum absolute atomic E-state index is 0.306. The van der Waals surface area contributed by atoms with E-state index >= 15 is 0 Å². The number of hydrazone groups is 1. The lowest BCUT2D eigenvalue weighted by Crippen LogP contribution is -2.18. The topological polar surface area (TPSA) is 72.2 Å². The summed E-state index contributed by atoms with van der Waals surface area (Å²) in [5, 5.41) is 9.92. The number of nitrogens with one attached hydrogen (secondary N) is 1. The average molecular weight is 418 g/mol. The molecule has 0 spiro atoms. The fourth-order valence-corrected chi connectivity index (χ4v) is 3.45. The number of hydrogen-bond acceptors (Lipinski definition) is 4. The number of amides is 1. The van der Waals surface area contributed by atoms with E-state index in [2.05, 4.69) is 15.6 Å². The van der Waals surface area contributed by atoms with Crippen LogP contribution in [0.3, 0.4) is 0 Å². The van der Waals surface area contributed by atoms with E-state index in [1.165, 1.54) is 0 Å². The highest BCUT2D eigenvalue weighted by atomic mass is 35.5. The van der Waals surface area contributed by atoms with Gasteiger partial charge in [0.2, 0.25) is 0 Å². The third-order valence-corrected chi connectivity index (χ3v) is 5.28. The first-order valence-electron chi connectivity index (χ1n) is 9.43. The summed E-state index contributed by atoms with van der Waals surface area (Å²) < 4.78 is 1.78. The first-order chi connectivity index (χ1) is 14.4. The third-order valence-electron chi connectivity index (χ3n) is 5.03. The molecule has 0 bridgehead atoms. The van der Waals surface area contributed by atoms with Gasteiger partial charge in [-0.2, -0.15) is 10.2 Å². The van der Waals surface area contributed by atoms with Crippen molar-refractivity contribution in [2.24, 2.45) is 12.1 Å². The molecular weight excluding hydrogens is 398 g/mol. The number of carbonyl (C=O) groups is 1. The highest BCUT2D eigenvalue weighted by Gasteiger charge is 2.14. The normalized spacial score (nSPS) is 11.3. The maximum Gasteiger partial charge on any atom is 0.272 e. The maximum atomic E-state index is 13.0. The van der Waals surface area contributed by atoms with Crippen molar-refractivity contribution >= 4 is 34.6 Å². The molecule has 0 aliphatic heterocycles. The number of para-hydroxylation sites is 1. The molecule has 7 heteroatoms. The highest BCUT2D eigenvalue weighted by Crippen LogP contribution is 2.26. The summed E-state index contributed by atoms with van der Waals surface area (Å²) in [5.41, 5.74) is 8.16. The number of rotatable bonds is 4. The van der Waals surface area contributed by atoms with Crippen LogP contribution in [0.5, 0.6) is 0 Å². The minimum Gasteiger partial charge on any atom is -0.272 e. The van der Waals surface area contributed by atoms with Gasteiger partial charge in [0.15, 0.2) is 0 Å². The number of nitrogens with zero attached hydrogens (tertiary/aromatic N) is 4. The van der Waals surface area contributed by atoms with Crippen LogP contribution < -0.4 is 5.43 Å². The molecule has 0 saturated heterocycles. The maximum absolute atomic E-state index is 13.0. The van der Waals surface area contributed by atoms with E-state index in [-0.39, 0.29) is 5.91 Å². The molecule has 2 aromatic heterocycles. The number of aryl methyl sites for hydroxylation is 2. The molecule has 30 heavy (non-hydrogen) atoms. The predicted octanol–water partition coefficient (Wildman–Crippen LogP) is 4.67. The van der Waals surface area contributed by atoms with Gasteiger partial charge in [0, 0.05) is 34.3 Å². The monoisotopic (exact) mass is 417 g/mol. The molecule has 0 unspecified atom stereocenters. The summed E-state index contributed by atoms with van der Waals surface area (Å²) >= 11 is 6.00. The Morgan fingerprint density at radius 1 is 1.13 bits per heavy atom. The van der Waals surface area contributed by atoms with Crippen molar-refractivity contribution in [2.45, 2.75) is 13.8 Å². The van der Waals surface area contributed by atoms with Gasteiger partial charge in [-0.3, -0.25) is 9.48 Å². The zero-order valence-electron chi connectivity index (χ0n) is 16.8. The Morgan fingerprint density at radius 2 is 1.87 bits per heavy atom. The van der Waals surface area contributed by atoms with Crippen LogP contribution in [0.1, 0.15) is 27.3 Å². The van der Waals surface area contributed by atoms with Crippen LogP contribution in [0.2, 0.25) is 5.02 Å². The molecule has 2 heterocycles. The Labute approximate surface area is 179 Å². The lowest BCUT2D eigenvalue weighted by atomic mass is 10.0. The van der Waals surface area contributed by atoms with Crippen LogP contribution in [0, 0.1) is 13.8 Å². The second-order valence-electron chi connectivity index (χ2n) is 6.99. The van der Waals surface area contributed by atoms with Crippen LogP contribution in [0.25, 0.3) is 22.2 Å². The molecule has 2 aromatic carbocycles. The van der Waals surface area contributed by atoms with Gasteiger partial charge in [0.25, 0.3) is 5.91 Å². The van der Waals surface area contributed by atoms with Crippen molar-refractivity contribution in [3.05, 3.63) is 82.1 Å². The van der Waals surface area contributed by atoms with Gasteiger partial charge in [0.1, 0.15) is 0 Å². The fourth-order valence-electron chi connectivity index (χ4n) is 3.32. The number of aromatic nitrogens is 3. The standard InChI is InChI=1S/C23H20ClN5O/c1-14-20(15(2)29(3)28-14)13-25-27-23(30)19-12-22(16-8-10-17(24)11-9-16)26-21-7-5-4-6-18(19)21/h4-13H,1-3H3,(H,27,30)/b25-13+. The van der Waals surface area contributed by atoms with Gasteiger partial charge < -0.3 is 0 Å². The molecule has 150 valence electrons. The molecular formula is C23H20ClN5O. The lowest BCUT2D eigenvalue weighted by Gasteiger charge is -2.09. The quantitative estimate of drug-likeness (QED) is 0.387. The molecule has 1 amide bonds. The smallest absolute Gasteiger partial charge is 0.272 e. The van der Waals surface area contributed by atoms with E-state index in [9.17, 15) is 4.79 Å². The number of pyridine rings is 1. The number of fused-ring (bicyclic) bond motifs is 1. The Morgan fingerprint density at radius 3 is 2.57 bits per heavy atom. The van der Waals surface area contributed by atoms with E-state index < -0.39 is 0 Å². The molecule has 1 N–H and O–H groups in total. The number of hydrogen-bond donors (Lipinski definition) is 1. The number of halogens is 1. The Bertz CT molecular complexity index is 1270. The van der Waals surface area contributed by atoms with Crippen LogP contribution in [0.4, 0.5) is 0 Å². The molecule has 4 rings (SSSR count). The number of carbonyl (C=O) groups excluding carboxylic acids is 1. The summed E-state index contributed by atoms with van der Waals surface area (Å²) in [6.07, 6.45) is 1.62. The molecule has 4 aromatic rings. The van der Waals surface area contributed by atoms with Crippen molar-refractivity contribution in [3.8, 4) is 11.3 Å². The summed E-state index contributed by atoms with van der Waals surface area (Å²) in [7, 11) is 1.87. The van der Waals surface area contributed by atoms with Gasteiger partial charge in [-0.05, 0) is 38.1 Å². The van der Waals surface area contributed by atoms with Crippen molar-refractivity contribution in [2.75, 3.05) is 0 Å². The Kier molecular flexibility index (Phi) is 5.33. The summed E-state index contributed by atoms with van der Waals surface area (Å²) in [4.78, 5) is 17.7. The van der Waals surface area contributed by atoms with Gasteiger partial charge in [-0.15, -0.1) is 0 Å². The molecule has 0 aliphatic rings. The van der Waals surface area contributed by atoms with Gasteiger partial charge in [-0.25, -0.2) is 10.4 Å². The van der Waals surface area contributed by atoms with E-state index in [4.69, 9.17) is 16.6 Å². The Hall–Kier alpha value is -3.51. The van der Waals surface area contributed by atoms with Gasteiger partial charge >= 0.3 is 0 Å². The van der Waals surface area contributed by atoms with Crippen LogP contribution in [-0.2, 0) is 7.05 Å². The lowest BCUT2D eigenvalue weighted by molar-refractivity contribution is 0.0956. The van der Waals surface area contributed by atoms with Crippen molar-refractivity contribution in [1.29, 1.82) is 0 Å². The van der Waals surface area contributed by atoms with Gasteiger partial charge in [-0.1, -0.05) is 41.9 Å². The van der Waals surface area contributed by atoms with Crippen molar-refractivity contribution < 1.29 is 4.79 Å². The molecule has 0 fully saturated rings. The Balaban J connectivity index is 1.69. The van der Waals surface area contributed by atoms with Crippen molar-refractivity contribution in [3.63, 3.8) is 0 Å². The first kappa shape index (κ1) is 19.8. The zero-order valence-corrected chi connectivity index (χ0v) is 17.6. The second-order valence-corrected chi connectivity index (χ2v) is 7.42. The molecule has 0 saturated carbocycles. The summed E-state index contributed by atoms with van der Waals surface area (Å²) in [6.45, 7) is 3.86. The zero-order chi connectivity index (χ0) is 21.3. The molecule has 0 radical (unpaired) electrons. The average Bonchev–Trinajstić information content (AvgIpc) is 2.99. The predicted molar refractivity (Wildman–Crippen MR) is 120 cm³/mol. The van der Waals surface area contributed by atoms with Crippen LogP contribution in [0.15, 0.2) is 59.7 Å². The van der Waals surface area contributed by atoms with E-state index in [1.807, 2.05) is 57.3 Å². The third kappa shape index (κ3) is 3.82. The summed E-state index contributed by atoms with van der Waals surface area (Å²) in [6, 6.07) is 16.7. The van der Waals surface area contributed by atoms with E-state index in [0.29, 0.717) is 16.3 Å². The highest BCUT2D eigenvalue weighted by molar-refractivity contribution is 6.30. The van der Waals surface area contributed by atoms with Crippen LogP contribution >= 0.6 is 11.6 Å². The van der Waals surface area contributed by atoms with E-state index in [1.54, 1.807) is 29.1 Å².